The lowest BCUT2D eigenvalue weighted by Gasteiger charge is -2.39. The molecule has 1 aliphatic carbocycles. The first-order chi connectivity index (χ1) is 63.5. The number of halogens is 3. The number of nitriles is 1. The van der Waals surface area contributed by atoms with Crippen molar-refractivity contribution in [3.8, 4) is 45.2 Å². The Kier molecular flexibility index (Phi) is 22.3. The number of rotatable bonds is 11. The summed E-state index contributed by atoms with van der Waals surface area (Å²) in [5, 5.41) is 42.2. The van der Waals surface area contributed by atoms with Crippen LogP contribution in [-0.2, 0) is 136 Å². The van der Waals surface area contributed by atoms with E-state index >= 15 is 0 Å². The Labute approximate surface area is 756 Å². The van der Waals surface area contributed by atoms with Gasteiger partial charge in [0.15, 0.2) is 34.7 Å². The number of aryl methyl sites for hydroxylation is 3. The molecule has 1 saturated carbocycles. The van der Waals surface area contributed by atoms with Crippen molar-refractivity contribution in [3.05, 3.63) is 177 Å². The Bertz CT molecular complexity index is 6330. The Balaban J connectivity index is 0.000000106. The van der Waals surface area contributed by atoms with Gasteiger partial charge in [-0.1, -0.05) is 36.8 Å². The average Bonchev–Trinajstić information content (AvgIpc) is 1.55. The van der Waals surface area contributed by atoms with Gasteiger partial charge in [0.25, 0.3) is 0 Å². The van der Waals surface area contributed by atoms with E-state index in [2.05, 4.69) is 108 Å². The second-order valence-electron chi connectivity index (χ2n) is 36.8. The molecule has 131 heavy (non-hydrogen) atoms. The van der Waals surface area contributed by atoms with Gasteiger partial charge in [-0.15, -0.1) is 0 Å². The molecule has 0 N–H and O–H groups in total. The first-order valence-electron chi connectivity index (χ1n) is 46.0. The van der Waals surface area contributed by atoms with Gasteiger partial charge < -0.3 is 62.9 Å². The molecule has 4 saturated heterocycles. The van der Waals surface area contributed by atoms with Gasteiger partial charge >= 0.3 is 6.18 Å². The number of para-hydroxylation sites is 2. The van der Waals surface area contributed by atoms with Gasteiger partial charge in [0.2, 0.25) is 23.6 Å². The molecule has 682 valence electrons. The molecule has 4 aromatic carbocycles. The zero-order valence-corrected chi connectivity index (χ0v) is 75.1. The molecule has 1 spiro atoms. The number of hydrogen-bond acceptors (Lipinski definition) is 21. The topological polar surface area (TPSA) is 289 Å². The number of carbonyl (C=O) groups excluding carboxylic acids is 4. The van der Waals surface area contributed by atoms with E-state index in [1.165, 1.54) is 82.2 Å². The first-order valence-corrected chi connectivity index (χ1v) is 46.0. The van der Waals surface area contributed by atoms with Crippen molar-refractivity contribution in [2.45, 2.75) is 167 Å². The molecule has 32 nitrogen and oxygen atoms in total. The highest BCUT2D eigenvalue weighted by Crippen LogP contribution is 2.57. The quantitative estimate of drug-likeness (QED) is 0.116. The van der Waals surface area contributed by atoms with Crippen LogP contribution in [0.1, 0.15) is 163 Å². The smallest absolute Gasteiger partial charge is 0.435 e. The fraction of sp³-hybridized carbons (Fsp3) is 0.479. The number of fused-ring (bicyclic) bond motifs is 9. The first kappa shape index (κ1) is 85.1. The third-order valence-electron chi connectivity index (χ3n) is 28.8. The maximum atomic E-state index is 13.6. The summed E-state index contributed by atoms with van der Waals surface area (Å²) in [5.74, 6) is 5.04. The van der Waals surface area contributed by atoms with Crippen molar-refractivity contribution in [1.29, 1.82) is 5.26 Å². The Morgan fingerprint density at radius 1 is 0.443 bits per heavy atom. The third kappa shape index (κ3) is 15.6. The van der Waals surface area contributed by atoms with Crippen LogP contribution in [0.4, 0.5) is 59.2 Å². The summed E-state index contributed by atoms with van der Waals surface area (Å²) < 4.78 is 82.2. The summed E-state index contributed by atoms with van der Waals surface area (Å²) in [6, 6.07) is 30.0. The molecule has 0 bridgehead atoms. The van der Waals surface area contributed by atoms with E-state index in [0.717, 1.165) is 201 Å². The van der Waals surface area contributed by atoms with Crippen LogP contribution in [0.2, 0.25) is 0 Å². The number of anilines is 8. The van der Waals surface area contributed by atoms with Crippen molar-refractivity contribution < 1.29 is 56.0 Å². The number of benzene rings is 4. The van der Waals surface area contributed by atoms with E-state index in [1.807, 2.05) is 81.1 Å². The summed E-state index contributed by atoms with van der Waals surface area (Å²) in [6.07, 6.45) is 14.2. The largest absolute Gasteiger partial charge is 0.490 e. The fourth-order valence-electron chi connectivity index (χ4n) is 21.7. The highest BCUT2D eigenvalue weighted by atomic mass is 19.4. The van der Waals surface area contributed by atoms with E-state index in [9.17, 15) is 37.6 Å². The van der Waals surface area contributed by atoms with Crippen LogP contribution < -0.4 is 24.3 Å². The van der Waals surface area contributed by atoms with Gasteiger partial charge in [0.1, 0.15) is 18.4 Å². The molecule has 24 rings (SSSR count). The van der Waals surface area contributed by atoms with E-state index in [0.29, 0.717) is 103 Å². The van der Waals surface area contributed by atoms with Crippen LogP contribution in [0, 0.1) is 11.3 Å². The van der Waals surface area contributed by atoms with E-state index in [-0.39, 0.29) is 52.7 Å². The van der Waals surface area contributed by atoms with Crippen molar-refractivity contribution in [2.75, 3.05) is 131 Å². The molecule has 19 heterocycles. The molecule has 3 atom stereocenters. The molecular formula is C96H108F3N23O9. The highest BCUT2D eigenvalue weighted by molar-refractivity contribution is 5.83. The summed E-state index contributed by atoms with van der Waals surface area (Å²) in [4.78, 5) is 65.3. The standard InChI is InChI=1S/C27H32N6O2.C25H27F3N6O2.C25H27N7O2.C19H22N4O3/c1-18(34)31-10-6-24-22(15-31)26(29-33(24)21-7-11-35-16-21)32-17-27(8-3-9-27)23-12-19(4-5-25(23)32)20-13-28-30(2)14-20;1-15(35)32-8-6-22-20(13-32)24(30-34(22)18-7-10-36-14-18)33-9-5-17-11-16(3-4-21(17)33)19-12-31(2)29-23(19)25(26,27)28;1-16(33)30-8-6-24-21(14-30)25(28-32(24)19-7-10-34-15-19)31-9-5-18-11-17(3-4-23(18)31)20-13-29(2)27-22(20)12-26;1-13(24)21-7-6-16-15(10-21)19(20-23(16)14-11-25-12-14)22-8-9-26-18-5-3-2-4-17(18)22/h4-5,12-14,21H,3,6-11,15-17H2,1-2H3;3-4,11-12,18H,5-10,13-14H2,1-2H3;3-4,11,13,19H,5-10,14-15H2,1-2H3;2-5,14H,6-12H2,1H3/t;;19-;/m..1./s1. The Hall–Kier alpha value is -12.7. The molecule has 2 unspecified atom stereocenters. The van der Waals surface area contributed by atoms with Crippen LogP contribution >= 0.6 is 0 Å². The van der Waals surface area contributed by atoms with Gasteiger partial charge in [-0.2, -0.15) is 54.1 Å². The lowest BCUT2D eigenvalue weighted by atomic mass is 9.65. The summed E-state index contributed by atoms with van der Waals surface area (Å²) in [6.45, 7) is 21.4. The van der Waals surface area contributed by atoms with Crippen molar-refractivity contribution in [2.24, 2.45) is 21.1 Å². The molecule has 11 aromatic rings. The van der Waals surface area contributed by atoms with Gasteiger partial charge in [-0.05, 0) is 127 Å². The molecule has 5 fully saturated rings. The van der Waals surface area contributed by atoms with E-state index < -0.39 is 11.9 Å². The van der Waals surface area contributed by atoms with Crippen molar-refractivity contribution >= 4 is 69.6 Å². The van der Waals surface area contributed by atoms with E-state index in [4.69, 9.17) is 44.1 Å². The summed E-state index contributed by atoms with van der Waals surface area (Å²) >= 11 is 0. The maximum Gasteiger partial charge on any atom is 0.435 e. The zero-order chi connectivity index (χ0) is 90.0. The van der Waals surface area contributed by atoms with Crippen LogP contribution in [0.5, 0.6) is 5.75 Å². The predicted octanol–water partition coefficient (Wildman–Crippen LogP) is 12.2. The maximum absolute atomic E-state index is 13.6. The SMILES string of the molecule is CC(=O)N1CCc2c(c(N3CC4(CCC4)c4cc(-c5cnn(C)c5)ccc43)nn2C2CCOC2)C1.CC(=O)N1CCc2c(c(N3CCOc4ccccc43)nn2C2COC2)C1.CC(=O)N1CCc2c(c(N3CCc4cc(-c5cn(C)nc5C#N)ccc43)nn2[C@@H]2CCOC2)C1.CC(=O)N1CCc2c(c(N3CCc4cc(-c5cn(C)nc5C(F)(F)F)ccc43)nn2C2CCOC2)C1. The van der Waals surface area contributed by atoms with Crippen LogP contribution in [0.3, 0.4) is 0 Å². The monoisotopic (exact) mass is 1780 g/mol. The number of hydrogen-bond donors (Lipinski definition) is 0. The van der Waals surface area contributed by atoms with Crippen molar-refractivity contribution in [3.63, 3.8) is 0 Å². The second kappa shape index (κ2) is 34.3. The predicted molar refractivity (Wildman–Crippen MR) is 480 cm³/mol. The number of aromatic nitrogens is 14. The summed E-state index contributed by atoms with van der Waals surface area (Å²) in [7, 11) is 5.29. The molecule has 35 heteroatoms. The lowest BCUT2D eigenvalue weighted by Crippen LogP contribution is -2.39. The molecule has 4 amide bonds. The van der Waals surface area contributed by atoms with Gasteiger partial charge in [-0.25, -0.2) is 0 Å². The molecular weight excluding hydrogens is 1680 g/mol. The molecule has 0 radical (unpaired) electrons. The van der Waals surface area contributed by atoms with Gasteiger partial charge in [-0.3, -0.25) is 52.0 Å². The van der Waals surface area contributed by atoms with Gasteiger partial charge in [0, 0.05) is 243 Å². The number of ether oxygens (including phenoxy) is 5. The average molecular weight is 1790 g/mol. The fourth-order valence-corrected chi connectivity index (χ4v) is 21.7. The Morgan fingerprint density at radius 3 is 1.32 bits per heavy atom. The molecule has 13 aliphatic rings. The summed E-state index contributed by atoms with van der Waals surface area (Å²) in [5.41, 5.74) is 22.1. The minimum atomic E-state index is -4.53. The number of amides is 4. The zero-order valence-electron chi connectivity index (χ0n) is 75.1. The molecule has 7 aromatic heterocycles. The number of carbonyl (C=O) groups is 4. The van der Waals surface area contributed by atoms with Crippen LogP contribution in [-0.4, -0.2) is 224 Å². The number of nitrogens with zero attached hydrogens (tertiary/aromatic N) is 23. The highest BCUT2D eigenvalue weighted by Gasteiger charge is 2.50. The van der Waals surface area contributed by atoms with Crippen LogP contribution in [0.25, 0.3) is 33.4 Å². The lowest BCUT2D eigenvalue weighted by molar-refractivity contribution is -0.141. The molecule has 12 aliphatic heterocycles. The second-order valence-corrected chi connectivity index (χ2v) is 36.8. The van der Waals surface area contributed by atoms with E-state index in [1.54, 1.807) is 38.4 Å². The Morgan fingerprint density at radius 2 is 0.885 bits per heavy atom. The minimum Gasteiger partial charge on any atom is -0.490 e. The van der Waals surface area contributed by atoms with Crippen LogP contribution in [0.15, 0.2) is 104 Å². The van der Waals surface area contributed by atoms with Crippen molar-refractivity contribution in [1.82, 2.24) is 88.1 Å². The number of alkyl halides is 3. The normalized spacial score (nSPS) is 20.2. The van der Waals surface area contributed by atoms with Gasteiger partial charge in [0.05, 0.1) is 102 Å². The minimum absolute atomic E-state index is 0.0342. The third-order valence-corrected chi connectivity index (χ3v) is 28.8.